The average molecular weight is 569 g/mol. The van der Waals surface area contributed by atoms with Crippen molar-refractivity contribution >= 4 is 27.6 Å². The highest BCUT2D eigenvalue weighted by molar-refractivity contribution is 6.09. The van der Waals surface area contributed by atoms with Gasteiger partial charge in [-0.05, 0) is 73.2 Å². The highest BCUT2D eigenvalue weighted by Gasteiger charge is 2.28. The van der Waals surface area contributed by atoms with Crippen LogP contribution < -0.4 is 9.47 Å². The molecule has 216 valence electrons. The highest BCUT2D eigenvalue weighted by Crippen LogP contribution is 2.35. The molecule has 6 aromatic rings. The Bertz CT molecular complexity index is 1840. The number of nitrogens with one attached hydrogen (secondary N) is 1. The Morgan fingerprint density at radius 1 is 0.721 bits per heavy atom. The van der Waals surface area contributed by atoms with Crippen molar-refractivity contribution in [3.05, 3.63) is 144 Å². The normalized spacial score (nSPS) is 12.0. The van der Waals surface area contributed by atoms with Crippen LogP contribution >= 0.6 is 0 Å². The van der Waals surface area contributed by atoms with Crippen molar-refractivity contribution in [1.82, 2.24) is 9.88 Å². The Morgan fingerprint density at radius 3 is 2.16 bits per heavy atom. The topological polar surface area (TPSA) is 54.6 Å². The summed E-state index contributed by atoms with van der Waals surface area (Å²) in [5.41, 5.74) is 4.95. The van der Waals surface area contributed by atoms with Crippen LogP contribution in [0.2, 0.25) is 0 Å². The number of para-hydroxylation sites is 1. The minimum absolute atomic E-state index is 0.0119. The highest BCUT2D eigenvalue weighted by atomic mass is 16.5. The van der Waals surface area contributed by atoms with Crippen molar-refractivity contribution < 1.29 is 14.3 Å². The smallest absolute Gasteiger partial charge is 0.255 e. The lowest BCUT2D eigenvalue weighted by atomic mass is 9.99. The van der Waals surface area contributed by atoms with Gasteiger partial charge < -0.3 is 19.4 Å². The van der Waals surface area contributed by atoms with Crippen molar-refractivity contribution in [3.63, 3.8) is 0 Å². The van der Waals surface area contributed by atoms with Gasteiger partial charge in [-0.15, -0.1) is 0 Å². The molecule has 5 aromatic carbocycles. The van der Waals surface area contributed by atoms with Crippen LogP contribution in [0.25, 0.3) is 21.7 Å². The van der Waals surface area contributed by atoms with Crippen LogP contribution in [0.5, 0.6) is 11.5 Å². The molecule has 5 heteroatoms. The molecule has 1 N–H and O–H groups in total. The van der Waals surface area contributed by atoms with Crippen molar-refractivity contribution in [2.24, 2.45) is 0 Å². The molecule has 0 saturated heterocycles. The molecule has 6 rings (SSSR count). The first-order valence-electron chi connectivity index (χ1n) is 14.8. The number of carbonyl (C=O) groups excluding carboxylic acids is 1. The van der Waals surface area contributed by atoms with E-state index in [9.17, 15) is 4.79 Å². The molecule has 43 heavy (non-hydrogen) atoms. The van der Waals surface area contributed by atoms with Gasteiger partial charge in [0.25, 0.3) is 5.91 Å². The van der Waals surface area contributed by atoms with E-state index >= 15 is 0 Å². The van der Waals surface area contributed by atoms with Crippen LogP contribution in [-0.2, 0) is 13.2 Å². The Kier molecular flexibility index (Phi) is 8.14. The van der Waals surface area contributed by atoms with Crippen LogP contribution in [0.15, 0.2) is 121 Å². The summed E-state index contributed by atoms with van der Waals surface area (Å²) in [5, 5.41) is 2.93. The number of hydrogen-bond donors (Lipinski definition) is 1. The Balaban J connectivity index is 1.24. The lowest BCUT2D eigenvalue weighted by molar-refractivity contribution is 0.0628. The zero-order chi connectivity index (χ0) is 29.8. The lowest BCUT2D eigenvalue weighted by Gasteiger charge is -2.33. The van der Waals surface area contributed by atoms with E-state index in [1.807, 2.05) is 102 Å². The van der Waals surface area contributed by atoms with E-state index < -0.39 is 0 Å². The first-order chi connectivity index (χ1) is 21.0. The first kappa shape index (κ1) is 28.1. The van der Waals surface area contributed by atoms with E-state index in [2.05, 4.69) is 50.0 Å². The van der Waals surface area contributed by atoms with Gasteiger partial charge in [-0.3, -0.25) is 4.79 Å². The van der Waals surface area contributed by atoms with Gasteiger partial charge in [0.1, 0.15) is 24.7 Å². The SMILES string of the molecule is CC(C)N(C(=O)c1cccc2cccc(OCc3ccc(OCc4ccccc4)cc3)c12)C(C)c1c[nH]c2ccccc12. The Hall–Kier alpha value is -5.03. The second-order valence-electron chi connectivity index (χ2n) is 11.1. The number of aromatic amines is 1. The zero-order valence-electron chi connectivity index (χ0n) is 24.8. The molecule has 0 aliphatic carbocycles. The predicted octanol–water partition coefficient (Wildman–Crippen LogP) is 9.09. The van der Waals surface area contributed by atoms with Crippen LogP contribution in [0.4, 0.5) is 0 Å². The predicted molar refractivity (Wildman–Crippen MR) is 174 cm³/mol. The molecule has 0 spiro atoms. The van der Waals surface area contributed by atoms with Crippen molar-refractivity contribution in [3.8, 4) is 11.5 Å². The molecule has 1 amide bonds. The van der Waals surface area contributed by atoms with Crippen LogP contribution in [0, 0.1) is 0 Å². The summed E-state index contributed by atoms with van der Waals surface area (Å²) in [6, 6.07) is 38.0. The second kappa shape index (κ2) is 12.5. The standard InChI is InChI=1S/C38H36N2O3/c1-26(2)40(27(3)34-23-39-35-17-8-7-15-32(34)35)38(41)33-16-9-13-30-14-10-18-36(37(30)33)43-25-29-19-21-31(22-20-29)42-24-28-11-5-4-6-12-28/h4-23,26-27,39H,24-25H2,1-3H3. The minimum Gasteiger partial charge on any atom is -0.489 e. The molecule has 0 radical (unpaired) electrons. The van der Waals surface area contributed by atoms with E-state index in [1.54, 1.807) is 0 Å². The second-order valence-corrected chi connectivity index (χ2v) is 11.1. The number of fused-ring (bicyclic) bond motifs is 2. The maximum absolute atomic E-state index is 14.3. The minimum atomic E-state index is -0.130. The van der Waals surface area contributed by atoms with Gasteiger partial charge in [0.05, 0.1) is 11.6 Å². The summed E-state index contributed by atoms with van der Waals surface area (Å²) in [6.07, 6.45) is 2.02. The lowest BCUT2D eigenvalue weighted by Crippen LogP contribution is -2.39. The van der Waals surface area contributed by atoms with E-state index in [1.165, 1.54) is 0 Å². The monoisotopic (exact) mass is 568 g/mol. The molecule has 0 bridgehead atoms. The molecule has 1 atom stereocenters. The number of hydrogen-bond acceptors (Lipinski definition) is 3. The molecule has 5 nitrogen and oxygen atoms in total. The van der Waals surface area contributed by atoms with Gasteiger partial charge >= 0.3 is 0 Å². The summed E-state index contributed by atoms with van der Waals surface area (Å²) >= 11 is 0. The maximum atomic E-state index is 14.3. The number of nitrogens with zero attached hydrogens (tertiary/aromatic N) is 1. The average Bonchev–Trinajstić information content (AvgIpc) is 3.47. The molecule has 0 fully saturated rings. The van der Waals surface area contributed by atoms with E-state index in [0.29, 0.717) is 24.5 Å². The number of carbonyl (C=O) groups is 1. The summed E-state index contributed by atoms with van der Waals surface area (Å²) in [5.74, 6) is 1.48. The number of amides is 1. The van der Waals surface area contributed by atoms with Gasteiger partial charge in [-0.1, -0.05) is 84.9 Å². The van der Waals surface area contributed by atoms with Gasteiger partial charge in [0.15, 0.2) is 0 Å². The maximum Gasteiger partial charge on any atom is 0.255 e. The van der Waals surface area contributed by atoms with Gasteiger partial charge in [0.2, 0.25) is 0 Å². The van der Waals surface area contributed by atoms with Crippen LogP contribution in [-0.4, -0.2) is 21.8 Å². The van der Waals surface area contributed by atoms with Crippen LogP contribution in [0.3, 0.4) is 0 Å². The first-order valence-corrected chi connectivity index (χ1v) is 14.8. The van der Waals surface area contributed by atoms with Crippen molar-refractivity contribution in [2.45, 2.75) is 46.1 Å². The summed E-state index contributed by atoms with van der Waals surface area (Å²) in [7, 11) is 0. The summed E-state index contributed by atoms with van der Waals surface area (Å²) < 4.78 is 12.3. The number of H-pyrrole nitrogens is 1. The molecule has 1 aromatic heterocycles. The molecular formula is C38H36N2O3. The van der Waals surface area contributed by atoms with E-state index in [0.717, 1.165) is 44.1 Å². The van der Waals surface area contributed by atoms with Gasteiger partial charge in [-0.2, -0.15) is 0 Å². The molecule has 1 heterocycles. The van der Waals surface area contributed by atoms with Gasteiger partial charge in [0, 0.05) is 28.5 Å². The summed E-state index contributed by atoms with van der Waals surface area (Å²) in [4.78, 5) is 19.7. The number of benzene rings is 5. The number of aromatic nitrogens is 1. The fourth-order valence-corrected chi connectivity index (χ4v) is 5.78. The fourth-order valence-electron chi connectivity index (χ4n) is 5.78. The third-order valence-corrected chi connectivity index (χ3v) is 7.94. The zero-order valence-corrected chi connectivity index (χ0v) is 24.8. The molecule has 0 aliphatic heterocycles. The number of rotatable bonds is 10. The molecule has 1 unspecified atom stereocenters. The molecular weight excluding hydrogens is 532 g/mol. The fraction of sp³-hybridized carbons (Fsp3) is 0.184. The number of ether oxygens (including phenoxy) is 2. The largest absolute Gasteiger partial charge is 0.489 e. The van der Waals surface area contributed by atoms with E-state index in [-0.39, 0.29) is 18.0 Å². The quantitative estimate of drug-likeness (QED) is 0.179. The van der Waals surface area contributed by atoms with Crippen LogP contribution in [0.1, 0.15) is 53.9 Å². The molecule has 0 aliphatic rings. The third-order valence-electron chi connectivity index (χ3n) is 7.94. The Labute approximate surface area is 252 Å². The third kappa shape index (κ3) is 5.98. The van der Waals surface area contributed by atoms with Crippen molar-refractivity contribution in [2.75, 3.05) is 0 Å². The van der Waals surface area contributed by atoms with Crippen molar-refractivity contribution in [1.29, 1.82) is 0 Å². The van der Waals surface area contributed by atoms with Gasteiger partial charge in [-0.25, -0.2) is 0 Å². The molecule has 0 saturated carbocycles. The van der Waals surface area contributed by atoms with E-state index in [4.69, 9.17) is 9.47 Å². The Morgan fingerprint density at radius 2 is 1.40 bits per heavy atom. The summed E-state index contributed by atoms with van der Waals surface area (Å²) in [6.45, 7) is 7.14.